The number of carbonyl (C=O) groups is 1. The van der Waals surface area contributed by atoms with Gasteiger partial charge in [-0.3, -0.25) is 0 Å². The van der Waals surface area contributed by atoms with Crippen LogP contribution < -0.4 is 4.90 Å². The van der Waals surface area contributed by atoms with Gasteiger partial charge in [0.2, 0.25) is 0 Å². The zero-order chi connectivity index (χ0) is 12.1. The molecule has 0 atom stereocenters. The van der Waals surface area contributed by atoms with Crippen LogP contribution in [0, 0.1) is 5.82 Å². The number of carboxylic acids is 1. The van der Waals surface area contributed by atoms with Gasteiger partial charge in [-0.1, -0.05) is 0 Å². The summed E-state index contributed by atoms with van der Waals surface area (Å²) in [6, 6.07) is 1.16. The molecule has 0 aliphatic heterocycles. The van der Waals surface area contributed by atoms with Crippen molar-refractivity contribution in [3.8, 4) is 0 Å². The van der Waals surface area contributed by atoms with Gasteiger partial charge in [0.05, 0.1) is 0 Å². The van der Waals surface area contributed by atoms with Gasteiger partial charge in [-0.25, -0.2) is 14.2 Å². The molecule has 0 saturated heterocycles. The quantitative estimate of drug-likeness (QED) is 0.854. The maximum absolute atomic E-state index is 13.7. The number of carboxylic acid groups (broad SMARTS) is 1. The van der Waals surface area contributed by atoms with E-state index in [0.29, 0.717) is 6.54 Å². The number of hydrogen-bond donors (Lipinski definition) is 1. The summed E-state index contributed by atoms with van der Waals surface area (Å²) >= 11 is 1.63. The lowest BCUT2D eigenvalue weighted by Crippen LogP contribution is -2.23. The van der Waals surface area contributed by atoms with E-state index in [-0.39, 0.29) is 11.4 Å². The first-order valence-electron chi connectivity index (χ1n) is 4.65. The number of aromatic carboxylic acids is 1. The zero-order valence-electron chi connectivity index (χ0n) is 9.11. The van der Waals surface area contributed by atoms with Crippen LogP contribution in [0.4, 0.5) is 10.2 Å². The predicted molar refractivity (Wildman–Crippen MR) is 62.8 cm³/mol. The molecule has 0 fully saturated rings. The van der Waals surface area contributed by atoms with E-state index in [0.717, 1.165) is 11.8 Å². The van der Waals surface area contributed by atoms with E-state index < -0.39 is 11.8 Å². The van der Waals surface area contributed by atoms with Gasteiger partial charge in [0.1, 0.15) is 5.56 Å². The topological polar surface area (TPSA) is 53.4 Å². The molecular formula is C10H13FN2O2S. The molecule has 0 radical (unpaired) electrons. The Balaban J connectivity index is 2.96. The fourth-order valence-corrected chi connectivity index (χ4v) is 1.65. The molecule has 6 heteroatoms. The number of aromatic nitrogens is 1. The minimum absolute atomic E-state index is 0.0777. The van der Waals surface area contributed by atoms with Crippen LogP contribution in [0.15, 0.2) is 12.3 Å². The number of anilines is 1. The maximum atomic E-state index is 13.7. The summed E-state index contributed by atoms with van der Waals surface area (Å²) in [5.74, 6) is -1.15. The van der Waals surface area contributed by atoms with Crippen LogP contribution in [-0.2, 0) is 0 Å². The highest BCUT2D eigenvalue weighted by molar-refractivity contribution is 7.98. The normalized spacial score (nSPS) is 10.2. The van der Waals surface area contributed by atoms with Gasteiger partial charge in [0.15, 0.2) is 11.6 Å². The zero-order valence-corrected chi connectivity index (χ0v) is 9.92. The van der Waals surface area contributed by atoms with Crippen molar-refractivity contribution in [3.05, 3.63) is 23.6 Å². The van der Waals surface area contributed by atoms with E-state index in [1.54, 1.807) is 23.7 Å². The lowest BCUT2D eigenvalue weighted by atomic mass is 10.2. The Kier molecular flexibility index (Phi) is 4.54. The van der Waals surface area contributed by atoms with Crippen molar-refractivity contribution in [2.75, 3.05) is 30.5 Å². The number of rotatable bonds is 5. The Morgan fingerprint density at radius 2 is 2.38 bits per heavy atom. The van der Waals surface area contributed by atoms with E-state index in [4.69, 9.17) is 5.11 Å². The monoisotopic (exact) mass is 244 g/mol. The molecule has 1 aromatic rings. The number of nitrogens with zero attached hydrogens (tertiary/aromatic N) is 2. The highest BCUT2D eigenvalue weighted by atomic mass is 32.2. The molecule has 1 rings (SSSR count). The largest absolute Gasteiger partial charge is 0.478 e. The third kappa shape index (κ3) is 2.85. The van der Waals surface area contributed by atoms with Crippen molar-refractivity contribution in [3.63, 3.8) is 0 Å². The molecule has 0 unspecified atom stereocenters. The molecule has 0 spiro atoms. The van der Waals surface area contributed by atoms with Crippen molar-refractivity contribution < 1.29 is 14.3 Å². The Hall–Kier alpha value is -1.30. The summed E-state index contributed by atoms with van der Waals surface area (Å²) in [7, 11) is 1.69. The summed E-state index contributed by atoms with van der Waals surface area (Å²) < 4.78 is 13.7. The molecule has 0 bridgehead atoms. The van der Waals surface area contributed by atoms with Crippen LogP contribution in [0.3, 0.4) is 0 Å². The van der Waals surface area contributed by atoms with E-state index in [1.165, 1.54) is 6.20 Å². The van der Waals surface area contributed by atoms with Crippen LogP contribution in [-0.4, -0.2) is 41.7 Å². The molecule has 0 saturated carbocycles. The Morgan fingerprint density at radius 1 is 1.69 bits per heavy atom. The minimum Gasteiger partial charge on any atom is -0.478 e. The van der Waals surface area contributed by atoms with Crippen LogP contribution >= 0.6 is 11.8 Å². The highest BCUT2D eigenvalue weighted by Gasteiger charge is 2.17. The lowest BCUT2D eigenvalue weighted by molar-refractivity contribution is 0.0692. The van der Waals surface area contributed by atoms with Crippen LogP contribution in [0.1, 0.15) is 10.4 Å². The van der Waals surface area contributed by atoms with Crippen LogP contribution in [0.2, 0.25) is 0 Å². The first-order valence-corrected chi connectivity index (χ1v) is 6.05. The van der Waals surface area contributed by atoms with Gasteiger partial charge in [0.25, 0.3) is 0 Å². The molecule has 4 nitrogen and oxygen atoms in total. The Labute approximate surface area is 97.5 Å². The average Bonchev–Trinajstić information content (AvgIpc) is 2.25. The molecule has 16 heavy (non-hydrogen) atoms. The summed E-state index contributed by atoms with van der Waals surface area (Å²) in [5, 5.41) is 8.76. The molecule has 1 N–H and O–H groups in total. The predicted octanol–water partition coefficient (Wildman–Crippen LogP) is 1.72. The van der Waals surface area contributed by atoms with E-state index >= 15 is 0 Å². The van der Waals surface area contributed by atoms with Gasteiger partial charge < -0.3 is 10.0 Å². The van der Waals surface area contributed by atoms with Gasteiger partial charge in [-0.15, -0.1) is 0 Å². The SMILES string of the molecule is CSCCN(C)c1nccc(C(=O)O)c1F. The number of hydrogen-bond acceptors (Lipinski definition) is 4. The fraction of sp³-hybridized carbons (Fsp3) is 0.400. The van der Waals surface area contributed by atoms with E-state index in [2.05, 4.69) is 4.98 Å². The lowest BCUT2D eigenvalue weighted by Gasteiger charge is -2.18. The fourth-order valence-electron chi connectivity index (χ4n) is 1.20. The molecule has 0 aromatic carbocycles. The molecule has 0 aliphatic carbocycles. The van der Waals surface area contributed by atoms with Crippen molar-refractivity contribution in [1.29, 1.82) is 0 Å². The second kappa shape index (κ2) is 5.69. The summed E-state index contributed by atoms with van der Waals surface area (Å²) in [6.07, 6.45) is 3.25. The van der Waals surface area contributed by atoms with Crippen molar-refractivity contribution in [2.45, 2.75) is 0 Å². The van der Waals surface area contributed by atoms with Gasteiger partial charge in [-0.2, -0.15) is 11.8 Å². The molecule has 0 aliphatic rings. The third-order valence-electron chi connectivity index (χ3n) is 2.09. The van der Waals surface area contributed by atoms with Crippen molar-refractivity contribution in [2.24, 2.45) is 0 Å². The molecule has 1 heterocycles. The number of halogens is 1. The molecule has 0 amide bonds. The second-order valence-electron chi connectivity index (χ2n) is 3.22. The summed E-state index contributed by atoms with van der Waals surface area (Å²) in [6.45, 7) is 0.619. The molecule has 88 valence electrons. The standard InChI is InChI=1S/C10H13FN2O2S/c1-13(5-6-16-2)9-8(11)7(10(14)15)3-4-12-9/h3-4H,5-6H2,1-2H3,(H,14,15). The number of thioether (sulfide) groups is 1. The highest BCUT2D eigenvalue weighted by Crippen LogP contribution is 2.18. The second-order valence-corrected chi connectivity index (χ2v) is 4.20. The summed E-state index contributed by atoms with van der Waals surface area (Å²) in [4.78, 5) is 16.2. The smallest absolute Gasteiger partial charge is 0.338 e. The van der Waals surface area contributed by atoms with Gasteiger partial charge in [0, 0.05) is 25.5 Å². The molecular weight excluding hydrogens is 231 g/mol. The average molecular weight is 244 g/mol. The number of pyridine rings is 1. The van der Waals surface area contributed by atoms with Gasteiger partial charge >= 0.3 is 5.97 Å². The Morgan fingerprint density at radius 3 is 2.94 bits per heavy atom. The third-order valence-corrected chi connectivity index (χ3v) is 2.68. The molecule has 1 aromatic heterocycles. The summed E-state index contributed by atoms with van der Waals surface area (Å²) in [5.41, 5.74) is -0.346. The Bertz CT molecular complexity index is 387. The van der Waals surface area contributed by atoms with Crippen molar-refractivity contribution >= 4 is 23.5 Å². The maximum Gasteiger partial charge on any atom is 0.338 e. The first-order chi connectivity index (χ1) is 7.57. The van der Waals surface area contributed by atoms with Crippen LogP contribution in [0.5, 0.6) is 0 Å². The minimum atomic E-state index is -1.28. The van der Waals surface area contributed by atoms with E-state index in [9.17, 15) is 9.18 Å². The van der Waals surface area contributed by atoms with Crippen molar-refractivity contribution in [1.82, 2.24) is 4.98 Å². The van der Waals surface area contributed by atoms with Crippen LogP contribution in [0.25, 0.3) is 0 Å². The van der Waals surface area contributed by atoms with E-state index in [1.807, 2.05) is 6.26 Å². The van der Waals surface area contributed by atoms with Gasteiger partial charge in [-0.05, 0) is 12.3 Å². The first kappa shape index (κ1) is 12.8.